The Balaban J connectivity index is 1.96. The van der Waals surface area contributed by atoms with Crippen LogP contribution in [-0.2, 0) is 13.0 Å². The van der Waals surface area contributed by atoms with Crippen LogP contribution in [0.25, 0.3) is 0 Å². The van der Waals surface area contributed by atoms with E-state index in [0.717, 1.165) is 12.2 Å². The van der Waals surface area contributed by atoms with Gasteiger partial charge in [0.2, 0.25) is 0 Å². The second kappa shape index (κ2) is 4.11. The number of aromatic nitrogens is 1. The molecule has 1 unspecified atom stereocenters. The normalized spacial score (nSPS) is 23.1. The molecule has 4 heteroatoms. The number of likely N-dealkylation sites (tertiary alicyclic amines) is 1. The molecule has 2 rings (SSSR count). The van der Waals surface area contributed by atoms with Gasteiger partial charge < -0.3 is 14.5 Å². The molecule has 1 atom stereocenters. The van der Waals surface area contributed by atoms with Crippen LogP contribution in [-0.4, -0.2) is 34.8 Å². The van der Waals surface area contributed by atoms with Crippen molar-refractivity contribution in [1.29, 1.82) is 0 Å². The Labute approximate surface area is 83.5 Å². The Morgan fingerprint density at radius 1 is 1.71 bits per heavy atom. The van der Waals surface area contributed by atoms with E-state index in [1.54, 1.807) is 0 Å². The molecule has 14 heavy (non-hydrogen) atoms. The van der Waals surface area contributed by atoms with Gasteiger partial charge in [0.05, 0.1) is 6.61 Å². The summed E-state index contributed by atoms with van der Waals surface area (Å²) in [6.07, 6.45) is 3.40. The maximum Gasteiger partial charge on any atom is 0.138 e. The highest BCUT2D eigenvalue weighted by molar-refractivity contribution is 5.06. The zero-order chi connectivity index (χ0) is 9.97. The quantitative estimate of drug-likeness (QED) is 0.777. The molecule has 1 aromatic rings. The highest BCUT2D eigenvalue weighted by Gasteiger charge is 2.22. The standard InChI is InChI=1S/C10H16N2O2/c1-12-4-2-3-9(12)6-10-5-8(7-13)11-14-10/h5,9,13H,2-4,6-7H2,1H3. The van der Waals surface area contributed by atoms with Crippen molar-refractivity contribution in [3.8, 4) is 0 Å². The van der Waals surface area contributed by atoms with Gasteiger partial charge in [0.1, 0.15) is 11.5 Å². The fraction of sp³-hybridized carbons (Fsp3) is 0.700. The SMILES string of the molecule is CN1CCCC1Cc1cc(CO)no1. The molecular formula is C10H16N2O2. The van der Waals surface area contributed by atoms with Crippen molar-refractivity contribution in [3.05, 3.63) is 17.5 Å². The molecule has 1 aliphatic heterocycles. The molecule has 0 amide bonds. The molecule has 1 N–H and O–H groups in total. The Kier molecular flexibility index (Phi) is 2.84. The minimum Gasteiger partial charge on any atom is -0.390 e. The number of rotatable bonds is 3. The van der Waals surface area contributed by atoms with Gasteiger partial charge in [-0.3, -0.25) is 0 Å². The summed E-state index contributed by atoms with van der Waals surface area (Å²) >= 11 is 0. The third-order valence-electron chi connectivity index (χ3n) is 2.88. The maximum atomic E-state index is 8.83. The molecule has 0 aromatic carbocycles. The fourth-order valence-corrected chi connectivity index (χ4v) is 2.00. The van der Waals surface area contributed by atoms with E-state index in [0.29, 0.717) is 11.7 Å². The molecule has 1 saturated heterocycles. The van der Waals surface area contributed by atoms with Crippen LogP contribution < -0.4 is 0 Å². The molecule has 0 radical (unpaired) electrons. The van der Waals surface area contributed by atoms with Crippen LogP contribution in [0.5, 0.6) is 0 Å². The van der Waals surface area contributed by atoms with E-state index in [9.17, 15) is 0 Å². The van der Waals surface area contributed by atoms with Gasteiger partial charge in [-0.05, 0) is 26.4 Å². The van der Waals surface area contributed by atoms with Crippen molar-refractivity contribution >= 4 is 0 Å². The van der Waals surface area contributed by atoms with Crippen molar-refractivity contribution < 1.29 is 9.63 Å². The van der Waals surface area contributed by atoms with Crippen molar-refractivity contribution in [1.82, 2.24) is 10.1 Å². The van der Waals surface area contributed by atoms with Crippen LogP contribution in [0.3, 0.4) is 0 Å². The first-order valence-electron chi connectivity index (χ1n) is 5.05. The van der Waals surface area contributed by atoms with Crippen LogP contribution in [0.4, 0.5) is 0 Å². The summed E-state index contributed by atoms with van der Waals surface area (Å²) in [6.45, 7) is 1.13. The topological polar surface area (TPSA) is 49.5 Å². The first-order valence-corrected chi connectivity index (χ1v) is 5.05. The minimum atomic E-state index is -0.0377. The number of likely N-dealkylation sites (N-methyl/N-ethyl adjacent to an activating group) is 1. The van der Waals surface area contributed by atoms with Gasteiger partial charge >= 0.3 is 0 Å². The molecule has 1 aliphatic rings. The smallest absolute Gasteiger partial charge is 0.138 e. The monoisotopic (exact) mass is 196 g/mol. The molecule has 1 aromatic heterocycles. The molecular weight excluding hydrogens is 180 g/mol. The summed E-state index contributed by atoms with van der Waals surface area (Å²) in [5.41, 5.74) is 0.626. The predicted molar refractivity (Wildman–Crippen MR) is 51.8 cm³/mol. The number of hydrogen-bond donors (Lipinski definition) is 1. The lowest BCUT2D eigenvalue weighted by atomic mass is 10.1. The van der Waals surface area contributed by atoms with E-state index in [1.807, 2.05) is 6.07 Å². The third-order valence-corrected chi connectivity index (χ3v) is 2.88. The molecule has 0 spiro atoms. The summed E-state index contributed by atoms with van der Waals surface area (Å²) in [4.78, 5) is 2.35. The molecule has 4 nitrogen and oxygen atoms in total. The summed E-state index contributed by atoms with van der Waals surface area (Å²) in [7, 11) is 2.14. The third kappa shape index (κ3) is 1.96. The van der Waals surface area contributed by atoms with Gasteiger partial charge in [0, 0.05) is 18.5 Å². The molecule has 78 valence electrons. The van der Waals surface area contributed by atoms with Crippen LogP contribution in [0.1, 0.15) is 24.3 Å². The molecule has 0 bridgehead atoms. The van der Waals surface area contributed by atoms with E-state index in [4.69, 9.17) is 9.63 Å². The second-order valence-corrected chi connectivity index (χ2v) is 3.92. The molecule has 1 fully saturated rings. The molecule has 0 aliphatic carbocycles. The number of nitrogens with zero attached hydrogens (tertiary/aromatic N) is 2. The zero-order valence-corrected chi connectivity index (χ0v) is 8.44. The van der Waals surface area contributed by atoms with Gasteiger partial charge in [0.25, 0.3) is 0 Å². The van der Waals surface area contributed by atoms with Gasteiger partial charge in [-0.1, -0.05) is 5.16 Å². The first-order chi connectivity index (χ1) is 6.79. The Morgan fingerprint density at radius 3 is 3.14 bits per heavy atom. The minimum absolute atomic E-state index is 0.0377. The van der Waals surface area contributed by atoms with Crippen molar-refractivity contribution in [3.63, 3.8) is 0 Å². The maximum absolute atomic E-state index is 8.83. The summed E-state index contributed by atoms with van der Waals surface area (Å²) in [5.74, 6) is 0.882. The highest BCUT2D eigenvalue weighted by Crippen LogP contribution is 2.19. The van der Waals surface area contributed by atoms with E-state index in [2.05, 4.69) is 17.1 Å². The Morgan fingerprint density at radius 2 is 2.57 bits per heavy atom. The lowest BCUT2D eigenvalue weighted by Crippen LogP contribution is -2.26. The number of hydrogen-bond acceptors (Lipinski definition) is 4. The zero-order valence-electron chi connectivity index (χ0n) is 8.44. The lowest BCUT2D eigenvalue weighted by Gasteiger charge is -2.17. The van der Waals surface area contributed by atoms with Crippen molar-refractivity contribution in [2.45, 2.75) is 31.9 Å². The molecule has 2 heterocycles. The van der Waals surface area contributed by atoms with Crippen LogP contribution in [0, 0.1) is 0 Å². The van der Waals surface area contributed by atoms with Gasteiger partial charge in [-0.15, -0.1) is 0 Å². The van der Waals surface area contributed by atoms with Crippen LogP contribution >= 0.6 is 0 Å². The first kappa shape index (κ1) is 9.68. The largest absolute Gasteiger partial charge is 0.390 e. The van der Waals surface area contributed by atoms with E-state index in [1.165, 1.54) is 19.4 Å². The lowest BCUT2D eigenvalue weighted by molar-refractivity contribution is 0.259. The second-order valence-electron chi connectivity index (χ2n) is 3.92. The molecule has 0 saturated carbocycles. The van der Waals surface area contributed by atoms with Crippen LogP contribution in [0.15, 0.2) is 10.6 Å². The van der Waals surface area contributed by atoms with Crippen LogP contribution in [0.2, 0.25) is 0 Å². The Hall–Kier alpha value is -0.870. The van der Waals surface area contributed by atoms with Gasteiger partial charge in [-0.2, -0.15) is 0 Å². The van der Waals surface area contributed by atoms with E-state index in [-0.39, 0.29) is 6.61 Å². The summed E-state index contributed by atoms with van der Waals surface area (Å²) < 4.78 is 5.13. The van der Waals surface area contributed by atoms with Crippen molar-refractivity contribution in [2.75, 3.05) is 13.6 Å². The average molecular weight is 196 g/mol. The van der Waals surface area contributed by atoms with Gasteiger partial charge in [-0.25, -0.2) is 0 Å². The summed E-state index contributed by atoms with van der Waals surface area (Å²) in [5, 5.41) is 12.6. The Bertz CT molecular complexity index is 298. The van der Waals surface area contributed by atoms with E-state index < -0.39 is 0 Å². The van der Waals surface area contributed by atoms with Crippen molar-refractivity contribution in [2.24, 2.45) is 0 Å². The number of aliphatic hydroxyl groups excluding tert-OH is 1. The predicted octanol–water partition coefficient (Wildman–Crippen LogP) is 0.804. The van der Waals surface area contributed by atoms with E-state index >= 15 is 0 Å². The fourth-order valence-electron chi connectivity index (χ4n) is 2.00. The number of aliphatic hydroxyl groups is 1. The van der Waals surface area contributed by atoms with Gasteiger partial charge in [0.15, 0.2) is 0 Å². The summed E-state index contributed by atoms with van der Waals surface area (Å²) in [6, 6.07) is 2.42. The highest BCUT2D eigenvalue weighted by atomic mass is 16.5. The average Bonchev–Trinajstić information content (AvgIpc) is 2.77.